The summed E-state index contributed by atoms with van der Waals surface area (Å²) in [6.45, 7) is 0.148. The molecule has 0 bridgehead atoms. The highest BCUT2D eigenvalue weighted by Gasteiger charge is 2.29. The van der Waals surface area contributed by atoms with Gasteiger partial charge in [0, 0.05) is 24.9 Å². The van der Waals surface area contributed by atoms with Crippen molar-refractivity contribution in [3.63, 3.8) is 0 Å². The van der Waals surface area contributed by atoms with Crippen molar-refractivity contribution in [1.29, 1.82) is 0 Å². The second kappa shape index (κ2) is 10.3. The average Bonchev–Trinajstić information content (AvgIpc) is 3.20. The lowest BCUT2D eigenvalue weighted by molar-refractivity contribution is 0.0997. The maximum atomic E-state index is 13.1. The molecule has 1 amide bonds. The standard InChI is InChI=1S/C25H27N3O5S3/c1-4-16-28-22-15-14-21(35(3,30)31)17-23(22)34-25(28)26-24(29)18-10-12-20(13-11-18)36(32,33)27(2)19-8-6-5-7-9-19/h1,10-15,17,19H,5-9,16H2,2-3H3. The molecule has 2 aromatic carbocycles. The molecule has 0 spiro atoms. The van der Waals surface area contributed by atoms with E-state index in [1.54, 1.807) is 17.7 Å². The summed E-state index contributed by atoms with van der Waals surface area (Å²) in [5.74, 6) is 1.98. The first kappa shape index (κ1) is 26.3. The molecule has 8 nitrogen and oxygen atoms in total. The minimum atomic E-state index is -3.67. The van der Waals surface area contributed by atoms with Crippen molar-refractivity contribution in [2.75, 3.05) is 13.3 Å². The van der Waals surface area contributed by atoms with Gasteiger partial charge in [0.05, 0.1) is 26.6 Å². The molecule has 190 valence electrons. The molecule has 3 aromatic rings. The Morgan fingerprint density at radius 3 is 2.33 bits per heavy atom. The van der Waals surface area contributed by atoms with Crippen LogP contribution >= 0.6 is 11.3 Å². The quantitative estimate of drug-likeness (QED) is 0.441. The summed E-state index contributed by atoms with van der Waals surface area (Å²) in [6.07, 6.45) is 11.5. The Hall–Kier alpha value is -2.78. The number of benzene rings is 2. The first-order valence-corrected chi connectivity index (χ1v) is 15.6. The van der Waals surface area contributed by atoms with Gasteiger partial charge in [-0.1, -0.05) is 36.5 Å². The molecule has 11 heteroatoms. The molecular formula is C25H27N3O5S3. The number of fused-ring (bicyclic) bond motifs is 1. The fourth-order valence-electron chi connectivity index (χ4n) is 4.34. The number of thiazole rings is 1. The number of sulfone groups is 1. The Bertz CT molecular complexity index is 1620. The maximum Gasteiger partial charge on any atom is 0.279 e. The monoisotopic (exact) mass is 545 g/mol. The molecule has 1 aromatic heterocycles. The van der Waals surface area contributed by atoms with Crippen LogP contribution in [0.5, 0.6) is 0 Å². The molecule has 1 aliphatic rings. The Kier molecular flexibility index (Phi) is 7.52. The van der Waals surface area contributed by atoms with Crippen LogP contribution in [0.15, 0.2) is 57.2 Å². The SMILES string of the molecule is C#CCn1c(=NC(=O)c2ccc(S(=O)(=O)N(C)C3CCCCC3)cc2)sc2cc(S(C)(=O)=O)ccc21. The zero-order valence-corrected chi connectivity index (χ0v) is 22.5. The number of hydrogen-bond donors (Lipinski definition) is 0. The zero-order chi connectivity index (χ0) is 26.1. The predicted octanol–water partition coefficient (Wildman–Crippen LogP) is 3.43. The molecule has 1 aliphatic carbocycles. The lowest BCUT2D eigenvalue weighted by Crippen LogP contribution is -2.38. The number of sulfonamides is 1. The van der Waals surface area contributed by atoms with E-state index in [-0.39, 0.29) is 27.9 Å². The number of amides is 1. The largest absolute Gasteiger partial charge is 0.305 e. The van der Waals surface area contributed by atoms with Crippen molar-refractivity contribution < 1.29 is 21.6 Å². The molecule has 36 heavy (non-hydrogen) atoms. The van der Waals surface area contributed by atoms with E-state index in [2.05, 4.69) is 10.9 Å². The Labute approximate surface area is 215 Å². The van der Waals surface area contributed by atoms with Gasteiger partial charge in [-0.25, -0.2) is 16.8 Å². The summed E-state index contributed by atoms with van der Waals surface area (Å²) in [5.41, 5.74) is 0.903. The molecule has 1 saturated carbocycles. The lowest BCUT2D eigenvalue weighted by Gasteiger charge is -2.30. The molecule has 0 aliphatic heterocycles. The van der Waals surface area contributed by atoms with Crippen molar-refractivity contribution in [1.82, 2.24) is 8.87 Å². The summed E-state index contributed by atoms with van der Waals surface area (Å²) in [7, 11) is -5.46. The third-order valence-electron chi connectivity index (χ3n) is 6.40. The molecule has 1 fully saturated rings. The number of carbonyl (C=O) groups is 1. The number of rotatable bonds is 6. The van der Waals surface area contributed by atoms with Crippen LogP contribution in [0, 0.1) is 12.3 Å². The minimum absolute atomic E-state index is 0.0113. The van der Waals surface area contributed by atoms with Gasteiger partial charge in [-0.2, -0.15) is 9.30 Å². The number of terminal acetylenes is 1. The van der Waals surface area contributed by atoms with Crippen LogP contribution in [-0.2, 0) is 26.4 Å². The average molecular weight is 546 g/mol. The molecule has 0 saturated heterocycles. The molecule has 1 heterocycles. The van der Waals surface area contributed by atoms with Crippen molar-refractivity contribution >= 4 is 47.3 Å². The minimum Gasteiger partial charge on any atom is -0.305 e. The van der Waals surface area contributed by atoms with E-state index in [4.69, 9.17) is 6.42 Å². The summed E-state index contributed by atoms with van der Waals surface area (Å²) in [4.78, 5) is 17.8. The summed E-state index contributed by atoms with van der Waals surface area (Å²) >= 11 is 1.16. The normalized spacial score (nSPS) is 15.9. The van der Waals surface area contributed by atoms with Crippen LogP contribution in [0.3, 0.4) is 0 Å². The Morgan fingerprint density at radius 2 is 1.72 bits per heavy atom. The van der Waals surface area contributed by atoms with Gasteiger partial charge in [0.2, 0.25) is 10.0 Å². The van der Waals surface area contributed by atoms with Crippen LogP contribution < -0.4 is 4.80 Å². The number of nitrogens with zero attached hydrogens (tertiary/aromatic N) is 3. The van der Waals surface area contributed by atoms with Crippen LogP contribution in [0.25, 0.3) is 10.2 Å². The van der Waals surface area contributed by atoms with Gasteiger partial charge in [0.15, 0.2) is 14.6 Å². The van der Waals surface area contributed by atoms with Crippen LogP contribution in [0.1, 0.15) is 42.5 Å². The second-order valence-corrected chi connectivity index (χ2v) is 13.9. The highest BCUT2D eigenvalue weighted by molar-refractivity contribution is 7.90. The number of aromatic nitrogens is 1. The van der Waals surface area contributed by atoms with Gasteiger partial charge >= 0.3 is 0 Å². The molecule has 0 radical (unpaired) electrons. The smallest absolute Gasteiger partial charge is 0.279 e. The van der Waals surface area contributed by atoms with E-state index in [0.29, 0.717) is 15.0 Å². The fraction of sp³-hybridized carbons (Fsp3) is 0.360. The topological polar surface area (TPSA) is 106 Å². The van der Waals surface area contributed by atoms with Gasteiger partial charge in [-0.15, -0.1) is 6.42 Å². The Morgan fingerprint density at radius 1 is 1.08 bits per heavy atom. The van der Waals surface area contributed by atoms with E-state index in [0.717, 1.165) is 49.7 Å². The van der Waals surface area contributed by atoms with Crippen molar-refractivity contribution in [3.05, 3.63) is 52.8 Å². The number of hydrogen-bond acceptors (Lipinski definition) is 6. The van der Waals surface area contributed by atoms with E-state index in [1.807, 2.05) is 0 Å². The molecule has 0 unspecified atom stereocenters. The number of carbonyl (C=O) groups excluding carboxylic acids is 1. The summed E-state index contributed by atoms with van der Waals surface area (Å²) in [5, 5.41) is 0. The van der Waals surface area contributed by atoms with Gasteiger partial charge in [-0.3, -0.25) is 4.79 Å². The van der Waals surface area contributed by atoms with Crippen molar-refractivity contribution in [3.8, 4) is 12.3 Å². The highest BCUT2D eigenvalue weighted by Crippen LogP contribution is 2.27. The lowest BCUT2D eigenvalue weighted by atomic mass is 9.96. The summed E-state index contributed by atoms with van der Waals surface area (Å²) in [6, 6.07) is 10.4. The van der Waals surface area contributed by atoms with Crippen LogP contribution in [0.2, 0.25) is 0 Å². The molecular weight excluding hydrogens is 518 g/mol. The first-order chi connectivity index (χ1) is 17.0. The first-order valence-electron chi connectivity index (χ1n) is 11.5. The maximum absolute atomic E-state index is 13.1. The van der Waals surface area contributed by atoms with Gasteiger partial charge < -0.3 is 4.57 Å². The highest BCUT2D eigenvalue weighted by atomic mass is 32.2. The Balaban J connectivity index is 1.65. The van der Waals surface area contributed by atoms with E-state index in [9.17, 15) is 21.6 Å². The van der Waals surface area contributed by atoms with E-state index < -0.39 is 25.8 Å². The molecule has 0 N–H and O–H groups in total. The molecule has 4 rings (SSSR count). The van der Waals surface area contributed by atoms with Gasteiger partial charge in [0.1, 0.15) is 0 Å². The van der Waals surface area contributed by atoms with E-state index in [1.165, 1.54) is 40.7 Å². The van der Waals surface area contributed by atoms with Crippen LogP contribution in [0.4, 0.5) is 0 Å². The molecule has 0 atom stereocenters. The van der Waals surface area contributed by atoms with Crippen molar-refractivity contribution in [2.24, 2.45) is 4.99 Å². The van der Waals surface area contributed by atoms with Crippen molar-refractivity contribution in [2.45, 2.75) is 54.5 Å². The summed E-state index contributed by atoms with van der Waals surface area (Å²) < 4.78 is 53.7. The zero-order valence-electron chi connectivity index (χ0n) is 20.0. The third-order valence-corrected chi connectivity index (χ3v) is 10.5. The third kappa shape index (κ3) is 5.32. The second-order valence-electron chi connectivity index (χ2n) is 8.83. The fourth-order valence-corrected chi connectivity index (χ4v) is 7.55. The van der Waals surface area contributed by atoms with Gasteiger partial charge in [-0.05, 0) is 55.3 Å². The van der Waals surface area contributed by atoms with Crippen LogP contribution in [-0.4, -0.2) is 51.0 Å². The van der Waals surface area contributed by atoms with E-state index >= 15 is 0 Å². The predicted molar refractivity (Wildman–Crippen MR) is 140 cm³/mol. The van der Waals surface area contributed by atoms with Gasteiger partial charge in [0.25, 0.3) is 5.91 Å².